The summed E-state index contributed by atoms with van der Waals surface area (Å²) in [5.41, 5.74) is 0. The van der Waals surface area contributed by atoms with Crippen molar-refractivity contribution < 1.29 is 4.74 Å². The minimum Gasteiger partial charge on any atom is -0.379 e. The van der Waals surface area contributed by atoms with Crippen molar-refractivity contribution in [3.63, 3.8) is 0 Å². The Balaban J connectivity index is 1.76. The van der Waals surface area contributed by atoms with Crippen LogP contribution < -0.4 is 5.32 Å². The molecule has 70 valence electrons. The summed E-state index contributed by atoms with van der Waals surface area (Å²) in [6.07, 6.45) is 0. The van der Waals surface area contributed by atoms with E-state index in [9.17, 15) is 0 Å². The van der Waals surface area contributed by atoms with Crippen LogP contribution in [0.15, 0.2) is 0 Å². The van der Waals surface area contributed by atoms with Gasteiger partial charge in [0.2, 0.25) is 0 Å². The highest BCUT2D eigenvalue weighted by atomic mass is 16.5. The smallest absolute Gasteiger partial charge is 0.0619 e. The van der Waals surface area contributed by atoms with E-state index in [2.05, 4.69) is 17.1 Å². The molecule has 0 spiro atoms. The highest BCUT2D eigenvalue weighted by Gasteiger charge is 2.24. The summed E-state index contributed by atoms with van der Waals surface area (Å²) in [5.74, 6) is 0.894. The van der Waals surface area contributed by atoms with Crippen molar-refractivity contribution in [1.82, 2.24) is 10.2 Å². The minimum atomic E-state index is 0.624. The monoisotopic (exact) mass is 170 g/mol. The molecule has 2 heterocycles. The zero-order chi connectivity index (χ0) is 8.39. The molecule has 0 bridgehead atoms. The summed E-state index contributed by atoms with van der Waals surface area (Å²) in [4.78, 5) is 2.55. The number of ether oxygens (including phenoxy) is 1. The molecule has 2 aliphatic heterocycles. The quantitative estimate of drug-likeness (QED) is 0.627. The Morgan fingerprint density at radius 3 is 2.92 bits per heavy atom. The van der Waals surface area contributed by atoms with E-state index in [0.717, 1.165) is 25.7 Å². The Labute approximate surface area is 74.1 Å². The molecule has 3 nitrogen and oxygen atoms in total. The van der Waals surface area contributed by atoms with Gasteiger partial charge in [-0.3, -0.25) is 4.90 Å². The lowest BCUT2D eigenvalue weighted by Gasteiger charge is -2.38. The summed E-state index contributed by atoms with van der Waals surface area (Å²) in [6, 6.07) is 0.624. The molecule has 2 fully saturated rings. The zero-order valence-electron chi connectivity index (χ0n) is 7.75. The van der Waals surface area contributed by atoms with Gasteiger partial charge in [-0.25, -0.2) is 0 Å². The fourth-order valence-corrected chi connectivity index (χ4v) is 1.84. The Kier molecular flexibility index (Phi) is 2.63. The first-order valence-corrected chi connectivity index (χ1v) is 4.89. The summed E-state index contributed by atoms with van der Waals surface area (Å²) >= 11 is 0. The second-order valence-electron chi connectivity index (χ2n) is 3.94. The van der Waals surface area contributed by atoms with Crippen molar-refractivity contribution in [2.75, 3.05) is 39.4 Å². The molecular formula is C9H18N2O. The van der Waals surface area contributed by atoms with E-state index in [1.54, 1.807) is 0 Å². The van der Waals surface area contributed by atoms with E-state index < -0.39 is 0 Å². The van der Waals surface area contributed by atoms with Crippen LogP contribution in [0.3, 0.4) is 0 Å². The van der Waals surface area contributed by atoms with Crippen LogP contribution >= 0.6 is 0 Å². The van der Waals surface area contributed by atoms with E-state index in [1.807, 2.05) is 0 Å². The minimum absolute atomic E-state index is 0.624. The van der Waals surface area contributed by atoms with Crippen LogP contribution in [0.25, 0.3) is 0 Å². The highest BCUT2D eigenvalue weighted by Crippen LogP contribution is 2.11. The SMILES string of the molecule is C[C@@H]1COCCN1CC1CNC1. The van der Waals surface area contributed by atoms with Gasteiger partial charge in [-0.1, -0.05) is 0 Å². The molecule has 1 atom stereocenters. The van der Waals surface area contributed by atoms with Crippen LogP contribution in [0.4, 0.5) is 0 Å². The number of nitrogens with one attached hydrogen (secondary N) is 1. The molecule has 0 saturated carbocycles. The summed E-state index contributed by atoms with van der Waals surface area (Å²) in [5, 5.41) is 3.31. The number of hydrogen-bond donors (Lipinski definition) is 1. The third-order valence-electron chi connectivity index (χ3n) is 2.86. The van der Waals surface area contributed by atoms with Crippen molar-refractivity contribution >= 4 is 0 Å². The van der Waals surface area contributed by atoms with Gasteiger partial charge in [0.15, 0.2) is 0 Å². The fourth-order valence-electron chi connectivity index (χ4n) is 1.84. The van der Waals surface area contributed by atoms with Gasteiger partial charge in [-0.15, -0.1) is 0 Å². The Bertz CT molecular complexity index is 147. The van der Waals surface area contributed by atoms with Gasteiger partial charge in [0, 0.05) is 32.2 Å². The summed E-state index contributed by atoms with van der Waals surface area (Å²) in [7, 11) is 0. The lowest BCUT2D eigenvalue weighted by atomic mass is 10.0. The Morgan fingerprint density at radius 1 is 1.50 bits per heavy atom. The number of morpholine rings is 1. The highest BCUT2D eigenvalue weighted by molar-refractivity contribution is 4.81. The molecular weight excluding hydrogens is 152 g/mol. The summed E-state index contributed by atoms with van der Waals surface area (Å²) < 4.78 is 5.39. The third kappa shape index (κ3) is 1.79. The van der Waals surface area contributed by atoms with Crippen LogP contribution in [-0.2, 0) is 4.74 Å². The molecule has 0 aromatic rings. The number of nitrogens with zero attached hydrogens (tertiary/aromatic N) is 1. The Morgan fingerprint density at radius 2 is 2.33 bits per heavy atom. The van der Waals surface area contributed by atoms with Crippen LogP contribution in [0.1, 0.15) is 6.92 Å². The van der Waals surface area contributed by atoms with E-state index in [1.165, 1.54) is 19.6 Å². The largest absolute Gasteiger partial charge is 0.379 e. The molecule has 2 saturated heterocycles. The van der Waals surface area contributed by atoms with Crippen molar-refractivity contribution in [2.24, 2.45) is 5.92 Å². The molecule has 0 aliphatic carbocycles. The van der Waals surface area contributed by atoms with Crippen molar-refractivity contribution in [3.05, 3.63) is 0 Å². The molecule has 2 aliphatic rings. The molecule has 1 N–H and O–H groups in total. The Hall–Kier alpha value is -0.120. The van der Waals surface area contributed by atoms with Crippen LogP contribution in [0, 0.1) is 5.92 Å². The average molecular weight is 170 g/mol. The molecule has 0 radical (unpaired) electrons. The predicted molar refractivity (Wildman–Crippen MR) is 48.2 cm³/mol. The normalized spacial score (nSPS) is 33.2. The van der Waals surface area contributed by atoms with Crippen molar-refractivity contribution in [2.45, 2.75) is 13.0 Å². The number of hydrogen-bond acceptors (Lipinski definition) is 3. The topological polar surface area (TPSA) is 24.5 Å². The lowest BCUT2D eigenvalue weighted by molar-refractivity contribution is -0.0107. The summed E-state index contributed by atoms with van der Waals surface area (Å²) in [6.45, 7) is 8.90. The van der Waals surface area contributed by atoms with Gasteiger partial charge in [-0.2, -0.15) is 0 Å². The van der Waals surface area contributed by atoms with E-state index in [4.69, 9.17) is 4.74 Å². The second-order valence-corrected chi connectivity index (χ2v) is 3.94. The van der Waals surface area contributed by atoms with Gasteiger partial charge in [0.25, 0.3) is 0 Å². The number of rotatable bonds is 2. The molecule has 2 rings (SSSR count). The van der Waals surface area contributed by atoms with Crippen molar-refractivity contribution in [3.8, 4) is 0 Å². The lowest BCUT2D eigenvalue weighted by Crippen LogP contribution is -2.53. The first-order chi connectivity index (χ1) is 5.86. The van der Waals surface area contributed by atoms with Gasteiger partial charge >= 0.3 is 0 Å². The first-order valence-electron chi connectivity index (χ1n) is 4.89. The molecule has 0 aromatic carbocycles. The maximum atomic E-state index is 5.39. The van der Waals surface area contributed by atoms with E-state index >= 15 is 0 Å². The van der Waals surface area contributed by atoms with Crippen LogP contribution in [0.2, 0.25) is 0 Å². The van der Waals surface area contributed by atoms with Crippen molar-refractivity contribution in [1.29, 1.82) is 0 Å². The average Bonchev–Trinajstić information content (AvgIpc) is 2.00. The van der Waals surface area contributed by atoms with Crippen LogP contribution in [-0.4, -0.2) is 50.3 Å². The van der Waals surface area contributed by atoms with Gasteiger partial charge in [0.05, 0.1) is 13.2 Å². The van der Waals surface area contributed by atoms with E-state index in [0.29, 0.717) is 6.04 Å². The van der Waals surface area contributed by atoms with Gasteiger partial charge < -0.3 is 10.1 Å². The fraction of sp³-hybridized carbons (Fsp3) is 1.00. The predicted octanol–water partition coefficient (Wildman–Crippen LogP) is -0.0735. The maximum Gasteiger partial charge on any atom is 0.0619 e. The van der Waals surface area contributed by atoms with Gasteiger partial charge in [-0.05, 0) is 12.8 Å². The van der Waals surface area contributed by atoms with Gasteiger partial charge in [0.1, 0.15) is 0 Å². The molecule has 0 aromatic heterocycles. The molecule has 12 heavy (non-hydrogen) atoms. The molecule has 0 amide bonds. The van der Waals surface area contributed by atoms with E-state index in [-0.39, 0.29) is 0 Å². The third-order valence-corrected chi connectivity index (χ3v) is 2.86. The second kappa shape index (κ2) is 3.73. The first kappa shape index (κ1) is 8.48. The zero-order valence-corrected chi connectivity index (χ0v) is 7.75. The van der Waals surface area contributed by atoms with Crippen LogP contribution in [0.5, 0.6) is 0 Å². The molecule has 3 heteroatoms. The maximum absolute atomic E-state index is 5.39. The molecule has 0 unspecified atom stereocenters. The standard InChI is InChI=1S/C9H18N2O/c1-8-7-12-3-2-11(8)6-9-4-10-5-9/h8-10H,2-7H2,1H3/t8-/m1/s1.